The van der Waals surface area contributed by atoms with Crippen LogP contribution >= 0.6 is 0 Å². The molecule has 1 aliphatic rings. The maximum Gasteiger partial charge on any atom is 0.229 e. The quantitative estimate of drug-likeness (QED) is 0.667. The van der Waals surface area contributed by atoms with Crippen LogP contribution in [0.1, 0.15) is 39.5 Å². The lowest BCUT2D eigenvalue weighted by molar-refractivity contribution is -0.139. The van der Waals surface area contributed by atoms with E-state index in [9.17, 15) is 14.4 Å². The van der Waals surface area contributed by atoms with E-state index in [0.29, 0.717) is 0 Å². The highest BCUT2D eigenvalue weighted by molar-refractivity contribution is 6.02. The van der Waals surface area contributed by atoms with Crippen molar-refractivity contribution in [2.24, 2.45) is 0 Å². The van der Waals surface area contributed by atoms with Crippen LogP contribution in [0.25, 0.3) is 0 Å². The summed E-state index contributed by atoms with van der Waals surface area (Å²) < 4.78 is 0. The van der Waals surface area contributed by atoms with Gasteiger partial charge in [0, 0.05) is 38.9 Å². The van der Waals surface area contributed by atoms with E-state index < -0.39 is 0 Å². The second-order valence-corrected chi connectivity index (χ2v) is 4.45. The van der Waals surface area contributed by atoms with Gasteiger partial charge in [0.05, 0.1) is 0 Å². The second kappa shape index (κ2) is 5.80. The van der Waals surface area contributed by atoms with E-state index in [-0.39, 0.29) is 49.6 Å². The Morgan fingerprint density at radius 2 is 1.88 bits per heavy atom. The maximum absolute atomic E-state index is 11.8. The summed E-state index contributed by atoms with van der Waals surface area (Å²) in [6.07, 6.45) is 1.69. The number of hydrogen-bond acceptors (Lipinski definition) is 3. The van der Waals surface area contributed by atoms with Crippen molar-refractivity contribution in [1.82, 2.24) is 9.80 Å². The number of hydrogen-bond donors (Lipinski definition) is 0. The van der Waals surface area contributed by atoms with Gasteiger partial charge in [0.25, 0.3) is 0 Å². The molecule has 0 radical (unpaired) electrons. The lowest BCUT2D eigenvalue weighted by Gasteiger charge is -2.24. The molecule has 1 rings (SSSR count). The Morgan fingerprint density at radius 3 is 2.35 bits per heavy atom. The fourth-order valence-electron chi connectivity index (χ4n) is 1.78. The average molecular weight is 240 g/mol. The molecule has 5 nitrogen and oxygen atoms in total. The Bertz CT molecular complexity index is 312. The predicted molar refractivity (Wildman–Crippen MR) is 63.1 cm³/mol. The zero-order chi connectivity index (χ0) is 13.0. The van der Waals surface area contributed by atoms with E-state index in [1.54, 1.807) is 11.9 Å². The van der Waals surface area contributed by atoms with Gasteiger partial charge in [-0.05, 0) is 13.3 Å². The monoisotopic (exact) mass is 240 g/mol. The molecule has 0 N–H and O–H groups in total. The standard InChI is InChI=1S/C12H20N2O3/c1-4-9(2)13(3)10(15)7-8-14-11(16)5-6-12(14)17/h9H,4-8H2,1-3H3. The van der Waals surface area contributed by atoms with E-state index in [0.717, 1.165) is 6.42 Å². The summed E-state index contributed by atoms with van der Waals surface area (Å²) in [6.45, 7) is 4.21. The van der Waals surface area contributed by atoms with E-state index in [1.807, 2.05) is 13.8 Å². The molecule has 0 aromatic rings. The first-order chi connectivity index (χ1) is 7.97. The minimum atomic E-state index is -0.158. The van der Waals surface area contributed by atoms with E-state index in [4.69, 9.17) is 0 Å². The molecule has 0 saturated carbocycles. The zero-order valence-electron chi connectivity index (χ0n) is 10.7. The minimum absolute atomic E-state index is 0.0214. The molecule has 0 bridgehead atoms. The molecule has 96 valence electrons. The first-order valence-electron chi connectivity index (χ1n) is 6.06. The van der Waals surface area contributed by atoms with Crippen molar-refractivity contribution >= 4 is 17.7 Å². The lowest BCUT2D eigenvalue weighted by Crippen LogP contribution is -2.38. The summed E-state index contributed by atoms with van der Waals surface area (Å²) in [6, 6.07) is 0.187. The van der Waals surface area contributed by atoms with Gasteiger partial charge in [0.2, 0.25) is 17.7 Å². The molecule has 1 saturated heterocycles. The van der Waals surface area contributed by atoms with Crippen LogP contribution in [0.4, 0.5) is 0 Å². The number of carbonyl (C=O) groups excluding carboxylic acids is 3. The molecule has 17 heavy (non-hydrogen) atoms. The number of carbonyl (C=O) groups is 3. The second-order valence-electron chi connectivity index (χ2n) is 4.45. The largest absolute Gasteiger partial charge is 0.343 e. The highest BCUT2D eigenvalue weighted by atomic mass is 16.2. The van der Waals surface area contributed by atoms with Gasteiger partial charge in [-0.1, -0.05) is 6.92 Å². The summed E-state index contributed by atoms with van der Waals surface area (Å²) in [7, 11) is 1.75. The molecule has 1 atom stereocenters. The van der Waals surface area contributed by atoms with Crippen molar-refractivity contribution in [3.63, 3.8) is 0 Å². The summed E-state index contributed by atoms with van der Waals surface area (Å²) >= 11 is 0. The van der Waals surface area contributed by atoms with Gasteiger partial charge in [0.1, 0.15) is 0 Å². The fraction of sp³-hybridized carbons (Fsp3) is 0.750. The van der Waals surface area contributed by atoms with Crippen molar-refractivity contribution in [3.05, 3.63) is 0 Å². The first kappa shape index (κ1) is 13.7. The smallest absolute Gasteiger partial charge is 0.229 e. The van der Waals surface area contributed by atoms with E-state index in [1.165, 1.54) is 4.90 Å². The number of likely N-dealkylation sites (tertiary alicyclic amines) is 1. The zero-order valence-corrected chi connectivity index (χ0v) is 10.7. The average Bonchev–Trinajstić information content (AvgIpc) is 2.64. The number of imide groups is 1. The molecule has 3 amide bonds. The highest BCUT2D eigenvalue weighted by Gasteiger charge is 2.29. The van der Waals surface area contributed by atoms with Crippen LogP contribution in [0.5, 0.6) is 0 Å². The predicted octanol–water partition coefficient (Wildman–Crippen LogP) is 0.782. The van der Waals surface area contributed by atoms with Crippen molar-refractivity contribution < 1.29 is 14.4 Å². The van der Waals surface area contributed by atoms with Crippen LogP contribution in [0.15, 0.2) is 0 Å². The van der Waals surface area contributed by atoms with Gasteiger partial charge in [-0.3, -0.25) is 19.3 Å². The molecule has 1 unspecified atom stereocenters. The highest BCUT2D eigenvalue weighted by Crippen LogP contribution is 2.12. The fourth-order valence-corrected chi connectivity index (χ4v) is 1.78. The Kier molecular flexibility index (Phi) is 4.66. The maximum atomic E-state index is 11.8. The molecule has 0 aromatic heterocycles. The lowest BCUT2D eigenvalue weighted by atomic mass is 10.2. The minimum Gasteiger partial charge on any atom is -0.343 e. The van der Waals surface area contributed by atoms with E-state index >= 15 is 0 Å². The van der Waals surface area contributed by atoms with Gasteiger partial charge in [0.15, 0.2) is 0 Å². The van der Waals surface area contributed by atoms with Gasteiger partial charge in [-0.15, -0.1) is 0 Å². The molecule has 1 aliphatic heterocycles. The third-order valence-corrected chi connectivity index (χ3v) is 3.35. The third-order valence-electron chi connectivity index (χ3n) is 3.35. The summed E-state index contributed by atoms with van der Waals surface area (Å²) in [4.78, 5) is 37.3. The Labute approximate surface area is 102 Å². The molecular formula is C12H20N2O3. The van der Waals surface area contributed by atoms with Gasteiger partial charge < -0.3 is 4.90 Å². The van der Waals surface area contributed by atoms with Crippen molar-refractivity contribution in [2.75, 3.05) is 13.6 Å². The Morgan fingerprint density at radius 1 is 1.35 bits per heavy atom. The molecule has 1 fully saturated rings. The third kappa shape index (κ3) is 3.28. The molecule has 0 spiro atoms. The molecule has 0 aliphatic carbocycles. The van der Waals surface area contributed by atoms with Gasteiger partial charge >= 0.3 is 0 Å². The summed E-state index contributed by atoms with van der Waals surface area (Å²) in [5.74, 6) is -0.338. The molecule has 0 aromatic carbocycles. The molecule has 1 heterocycles. The SMILES string of the molecule is CCC(C)N(C)C(=O)CCN1C(=O)CCC1=O. The van der Waals surface area contributed by atoms with Gasteiger partial charge in [-0.2, -0.15) is 0 Å². The van der Waals surface area contributed by atoms with Crippen LogP contribution in [-0.2, 0) is 14.4 Å². The summed E-state index contributed by atoms with van der Waals surface area (Å²) in [5, 5.41) is 0. The van der Waals surface area contributed by atoms with Crippen molar-refractivity contribution in [2.45, 2.75) is 45.6 Å². The summed E-state index contributed by atoms with van der Waals surface area (Å²) in [5.41, 5.74) is 0. The first-order valence-corrected chi connectivity index (χ1v) is 6.06. The molecular weight excluding hydrogens is 220 g/mol. The van der Waals surface area contributed by atoms with Crippen molar-refractivity contribution in [3.8, 4) is 0 Å². The van der Waals surface area contributed by atoms with Crippen LogP contribution in [0.3, 0.4) is 0 Å². The van der Waals surface area contributed by atoms with Crippen LogP contribution < -0.4 is 0 Å². The van der Waals surface area contributed by atoms with Gasteiger partial charge in [-0.25, -0.2) is 0 Å². The topological polar surface area (TPSA) is 57.7 Å². The number of amides is 3. The number of rotatable bonds is 5. The van der Waals surface area contributed by atoms with Crippen LogP contribution in [0.2, 0.25) is 0 Å². The number of nitrogens with zero attached hydrogens (tertiary/aromatic N) is 2. The molecule has 5 heteroatoms. The normalized spacial score (nSPS) is 17.5. The van der Waals surface area contributed by atoms with E-state index in [2.05, 4.69) is 0 Å². The van der Waals surface area contributed by atoms with Crippen molar-refractivity contribution in [1.29, 1.82) is 0 Å². The van der Waals surface area contributed by atoms with Crippen LogP contribution in [0, 0.1) is 0 Å². The van der Waals surface area contributed by atoms with Crippen LogP contribution in [-0.4, -0.2) is 47.2 Å². The Hall–Kier alpha value is -1.39. The Balaban J connectivity index is 2.43.